The van der Waals surface area contributed by atoms with Gasteiger partial charge in [-0.25, -0.2) is 0 Å². The zero-order valence-electron chi connectivity index (χ0n) is 8.47. The Balaban J connectivity index is 2.26. The summed E-state index contributed by atoms with van der Waals surface area (Å²) in [5.74, 6) is -0.612. The van der Waals surface area contributed by atoms with Crippen molar-refractivity contribution in [1.29, 1.82) is 0 Å². The fraction of sp³-hybridized carbons (Fsp3) is 0.909. The number of carboxylic acids is 1. The molecule has 2 saturated carbocycles. The van der Waals surface area contributed by atoms with Gasteiger partial charge in [0.25, 0.3) is 0 Å². The lowest BCUT2D eigenvalue weighted by atomic mass is 9.91. The van der Waals surface area contributed by atoms with Gasteiger partial charge in [-0.05, 0) is 30.1 Å². The number of carbonyl (C=O) groups is 1. The summed E-state index contributed by atoms with van der Waals surface area (Å²) in [5.41, 5.74) is 0.295. The van der Waals surface area contributed by atoms with E-state index < -0.39 is 5.97 Å². The molecule has 13 heavy (non-hydrogen) atoms. The summed E-state index contributed by atoms with van der Waals surface area (Å²) in [6.07, 6.45) is 5.78. The van der Waals surface area contributed by atoms with Crippen LogP contribution < -0.4 is 0 Å². The molecule has 0 amide bonds. The lowest BCUT2D eigenvalue weighted by Gasteiger charge is -2.13. The first-order valence-electron chi connectivity index (χ1n) is 5.31. The maximum absolute atomic E-state index is 11.1. The Morgan fingerprint density at radius 1 is 1.46 bits per heavy atom. The quantitative estimate of drug-likeness (QED) is 0.713. The van der Waals surface area contributed by atoms with Crippen molar-refractivity contribution in [2.45, 2.75) is 46.0 Å². The predicted molar refractivity (Wildman–Crippen MR) is 50.4 cm³/mol. The van der Waals surface area contributed by atoms with Crippen LogP contribution in [0.2, 0.25) is 0 Å². The van der Waals surface area contributed by atoms with Crippen LogP contribution >= 0.6 is 0 Å². The maximum atomic E-state index is 11.1. The molecule has 0 aliphatic heterocycles. The van der Waals surface area contributed by atoms with E-state index >= 15 is 0 Å². The average Bonchev–Trinajstić information content (AvgIpc) is 2.48. The molecule has 0 aromatic carbocycles. The summed E-state index contributed by atoms with van der Waals surface area (Å²) in [7, 11) is 0. The van der Waals surface area contributed by atoms with Crippen LogP contribution in [-0.4, -0.2) is 11.1 Å². The Morgan fingerprint density at radius 3 is 2.31 bits per heavy atom. The number of hydrogen-bond donors (Lipinski definition) is 1. The SMILES string of the molecule is CCC1(C)C(C(=O)O)C12CCCC2. The van der Waals surface area contributed by atoms with Crippen LogP contribution in [0.1, 0.15) is 46.0 Å². The van der Waals surface area contributed by atoms with Gasteiger partial charge in [-0.1, -0.05) is 26.7 Å². The third-order valence-corrected chi connectivity index (χ3v) is 4.72. The minimum atomic E-state index is -0.564. The van der Waals surface area contributed by atoms with Crippen molar-refractivity contribution in [2.24, 2.45) is 16.7 Å². The number of aliphatic carboxylic acids is 1. The van der Waals surface area contributed by atoms with Crippen LogP contribution in [0.4, 0.5) is 0 Å². The second-order valence-electron chi connectivity index (χ2n) is 4.91. The highest BCUT2D eigenvalue weighted by molar-refractivity contribution is 5.77. The highest BCUT2D eigenvalue weighted by Crippen LogP contribution is 2.77. The van der Waals surface area contributed by atoms with Crippen LogP contribution in [-0.2, 0) is 4.79 Å². The van der Waals surface area contributed by atoms with Gasteiger partial charge < -0.3 is 5.11 Å². The fourth-order valence-electron chi connectivity index (χ4n) is 3.77. The Morgan fingerprint density at radius 2 is 2.00 bits per heavy atom. The summed E-state index contributed by atoms with van der Waals surface area (Å²) in [6, 6.07) is 0. The minimum absolute atomic E-state index is 0.0486. The second kappa shape index (κ2) is 2.49. The topological polar surface area (TPSA) is 37.3 Å². The van der Waals surface area contributed by atoms with E-state index in [1.165, 1.54) is 12.8 Å². The fourth-order valence-corrected chi connectivity index (χ4v) is 3.77. The van der Waals surface area contributed by atoms with Crippen molar-refractivity contribution in [2.75, 3.05) is 0 Å². The molecule has 2 nitrogen and oxygen atoms in total. The molecule has 1 N–H and O–H groups in total. The van der Waals surface area contributed by atoms with Crippen molar-refractivity contribution < 1.29 is 9.90 Å². The molecule has 2 heteroatoms. The standard InChI is InChI=1S/C11H18O2/c1-3-10(2)8(9(12)13)11(10)6-4-5-7-11/h8H,3-7H2,1-2H3,(H,12,13). The molecule has 2 aliphatic rings. The zero-order valence-corrected chi connectivity index (χ0v) is 8.47. The van der Waals surface area contributed by atoms with E-state index in [1.54, 1.807) is 0 Å². The van der Waals surface area contributed by atoms with Crippen LogP contribution in [0, 0.1) is 16.7 Å². The molecule has 0 heterocycles. The Kier molecular flexibility index (Phi) is 1.73. The summed E-state index contributed by atoms with van der Waals surface area (Å²) >= 11 is 0. The molecule has 0 bridgehead atoms. The molecule has 2 aliphatic carbocycles. The monoisotopic (exact) mass is 182 g/mol. The third-order valence-electron chi connectivity index (χ3n) is 4.72. The number of carboxylic acid groups (broad SMARTS) is 1. The zero-order chi connectivity index (χ0) is 9.69. The van der Waals surface area contributed by atoms with Crippen molar-refractivity contribution in [3.8, 4) is 0 Å². The third kappa shape index (κ3) is 0.866. The van der Waals surface area contributed by atoms with Gasteiger partial charge in [-0.15, -0.1) is 0 Å². The summed E-state index contributed by atoms with van der Waals surface area (Å²) < 4.78 is 0. The van der Waals surface area contributed by atoms with Crippen LogP contribution in [0.3, 0.4) is 0 Å². The Labute approximate surface area is 79.3 Å². The molecule has 74 valence electrons. The smallest absolute Gasteiger partial charge is 0.307 e. The molecule has 0 aromatic heterocycles. The van der Waals surface area contributed by atoms with Gasteiger partial charge in [-0.3, -0.25) is 4.79 Å². The van der Waals surface area contributed by atoms with Crippen LogP contribution in [0.5, 0.6) is 0 Å². The highest BCUT2D eigenvalue weighted by Gasteiger charge is 2.75. The van der Waals surface area contributed by atoms with E-state index in [9.17, 15) is 4.79 Å². The maximum Gasteiger partial charge on any atom is 0.307 e. The molecule has 1 spiro atoms. The highest BCUT2D eigenvalue weighted by atomic mass is 16.4. The van der Waals surface area contributed by atoms with Gasteiger partial charge in [0.05, 0.1) is 5.92 Å². The largest absolute Gasteiger partial charge is 0.481 e. The molecule has 0 aromatic rings. The van der Waals surface area contributed by atoms with Gasteiger partial charge in [0.1, 0.15) is 0 Å². The summed E-state index contributed by atoms with van der Waals surface area (Å²) in [4.78, 5) is 11.1. The van der Waals surface area contributed by atoms with Crippen molar-refractivity contribution in [1.82, 2.24) is 0 Å². The van der Waals surface area contributed by atoms with Gasteiger partial charge in [0.2, 0.25) is 0 Å². The first-order chi connectivity index (χ1) is 6.08. The van der Waals surface area contributed by atoms with Crippen molar-refractivity contribution >= 4 is 5.97 Å². The Hall–Kier alpha value is -0.530. The number of rotatable bonds is 2. The summed E-state index contributed by atoms with van der Waals surface area (Å²) in [5, 5.41) is 9.15. The molecule has 2 atom stereocenters. The second-order valence-corrected chi connectivity index (χ2v) is 4.91. The van der Waals surface area contributed by atoms with E-state index in [2.05, 4.69) is 13.8 Å². The predicted octanol–water partition coefficient (Wildman–Crippen LogP) is 2.68. The molecule has 0 radical (unpaired) electrons. The summed E-state index contributed by atoms with van der Waals surface area (Å²) in [6.45, 7) is 4.29. The first-order valence-corrected chi connectivity index (χ1v) is 5.31. The van der Waals surface area contributed by atoms with Gasteiger partial charge in [0.15, 0.2) is 0 Å². The van der Waals surface area contributed by atoms with Crippen LogP contribution in [0.15, 0.2) is 0 Å². The van der Waals surface area contributed by atoms with Gasteiger partial charge in [0, 0.05) is 0 Å². The van der Waals surface area contributed by atoms with Gasteiger partial charge in [-0.2, -0.15) is 0 Å². The lowest BCUT2D eigenvalue weighted by molar-refractivity contribution is -0.140. The van der Waals surface area contributed by atoms with E-state index in [0.717, 1.165) is 19.3 Å². The molecular weight excluding hydrogens is 164 g/mol. The van der Waals surface area contributed by atoms with Crippen LogP contribution in [0.25, 0.3) is 0 Å². The average molecular weight is 182 g/mol. The van der Waals surface area contributed by atoms with E-state index in [-0.39, 0.29) is 16.7 Å². The first kappa shape index (κ1) is 9.04. The minimum Gasteiger partial charge on any atom is -0.481 e. The van der Waals surface area contributed by atoms with E-state index in [0.29, 0.717) is 0 Å². The normalized spacial score (nSPS) is 40.9. The lowest BCUT2D eigenvalue weighted by Crippen LogP contribution is -2.06. The Bertz CT molecular complexity index is 240. The molecule has 2 fully saturated rings. The van der Waals surface area contributed by atoms with Crippen molar-refractivity contribution in [3.63, 3.8) is 0 Å². The molecule has 2 unspecified atom stereocenters. The molecular formula is C11H18O2. The van der Waals surface area contributed by atoms with E-state index in [4.69, 9.17) is 5.11 Å². The molecule has 0 saturated heterocycles. The number of hydrogen-bond acceptors (Lipinski definition) is 1. The van der Waals surface area contributed by atoms with Gasteiger partial charge >= 0.3 is 5.97 Å². The molecule has 2 rings (SSSR count). The van der Waals surface area contributed by atoms with E-state index in [1.807, 2.05) is 0 Å². The van der Waals surface area contributed by atoms with Crippen molar-refractivity contribution in [3.05, 3.63) is 0 Å².